The summed E-state index contributed by atoms with van der Waals surface area (Å²) in [5.74, 6) is 0.739. The third-order valence-corrected chi connectivity index (χ3v) is 3.19. The summed E-state index contributed by atoms with van der Waals surface area (Å²) in [7, 11) is 0. The SMILES string of the molecule is CCCOc1ccccc1C(O)c1cc(C)nn1CC. The molecule has 1 atom stereocenters. The highest BCUT2D eigenvalue weighted by Gasteiger charge is 2.19. The van der Waals surface area contributed by atoms with E-state index in [0.29, 0.717) is 6.61 Å². The van der Waals surface area contributed by atoms with Crippen molar-refractivity contribution in [2.24, 2.45) is 0 Å². The lowest BCUT2D eigenvalue weighted by molar-refractivity contribution is 0.199. The summed E-state index contributed by atoms with van der Waals surface area (Å²) >= 11 is 0. The molecule has 0 amide bonds. The minimum absolute atomic E-state index is 0.649. The van der Waals surface area contributed by atoms with Crippen molar-refractivity contribution in [3.8, 4) is 5.75 Å². The topological polar surface area (TPSA) is 47.3 Å². The van der Waals surface area contributed by atoms with E-state index in [1.807, 2.05) is 48.9 Å². The van der Waals surface area contributed by atoms with Crippen LogP contribution in [0.5, 0.6) is 5.75 Å². The van der Waals surface area contributed by atoms with Gasteiger partial charge < -0.3 is 9.84 Å². The lowest BCUT2D eigenvalue weighted by Gasteiger charge is -2.16. The number of hydrogen-bond donors (Lipinski definition) is 1. The molecule has 4 nitrogen and oxygen atoms in total. The van der Waals surface area contributed by atoms with Crippen LogP contribution in [0, 0.1) is 6.92 Å². The van der Waals surface area contributed by atoms with Crippen molar-refractivity contribution in [2.75, 3.05) is 6.61 Å². The number of benzene rings is 1. The highest BCUT2D eigenvalue weighted by molar-refractivity contribution is 5.39. The zero-order chi connectivity index (χ0) is 14.5. The maximum Gasteiger partial charge on any atom is 0.125 e. The van der Waals surface area contributed by atoms with Crippen LogP contribution in [0.1, 0.15) is 43.3 Å². The van der Waals surface area contributed by atoms with Crippen molar-refractivity contribution < 1.29 is 9.84 Å². The van der Waals surface area contributed by atoms with E-state index in [1.165, 1.54) is 0 Å². The molecule has 0 aliphatic carbocycles. The van der Waals surface area contributed by atoms with Crippen LogP contribution in [-0.4, -0.2) is 21.5 Å². The smallest absolute Gasteiger partial charge is 0.125 e. The van der Waals surface area contributed by atoms with Crippen molar-refractivity contribution in [1.82, 2.24) is 9.78 Å². The molecule has 1 unspecified atom stereocenters. The molecule has 0 radical (unpaired) electrons. The molecule has 0 bridgehead atoms. The van der Waals surface area contributed by atoms with Crippen LogP contribution in [0.2, 0.25) is 0 Å². The lowest BCUT2D eigenvalue weighted by atomic mass is 10.0. The lowest BCUT2D eigenvalue weighted by Crippen LogP contribution is -2.10. The largest absolute Gasteiger partial charge is 0.493 e. The molecule has 0 saturated carbocycles. The van der Waals surface area contributed by atoms with Gasteiger partial charge in [0.05, 0.1) is 18.0 Å². The number of aliphatic hydroxyl groups is 1. The van der Waals surface area contributed by atoms with E-state index in [0.717, 1.165) is 35.7 Å². The summed E-state index contributed by atoms with van der Waals surface area (Å²) in [6.07, 6.45) is 0.223. The number of hydrogen-bond acceptors (Lipinski definition) is 3. The maximum absolute atomic E-state index is 10.7. The second kappa shape index (κ2) is 6.57. The van der Waals surface area contributed by atoms with Gasteiger partial charge in [0.2, 0.25) is 0 Å². The van der Waals surface area contributed by atoms with Crippen molar-refractivity contribution in [1.29, 1.82) is 0 Å². The van der Waals surface area contributed by atoms with Crippen molar-refractivity contribution in [2.45, 2.75) is 39.8 Å². The van der Waals surface area contributed by atoms with Crippen LogP contribution in [0.15, 0.2) is 30.3 Å². The second-order valence-corrected chi connectivity index (χ2v) is 4.82. The van der Waals surface area contributed by atoms with Crippen LogP contribution in [0.25, 0.3) is 0 Å². The van der Waals surface area contributed by atoms with Gasteiger partial charge in [-0.2, -0.15) is 5.10 Å². The fraction of sp³-hybridized carbons (Fsp3) is 0.438. The van der Waals surface area contributed by atoms with E-state index >= 15 is 0 Å². The molecule has 1 heterocycles. The monoisotopic (exact) mass is 274 g/mol. The van der Waals surface area contributed by atoms with Crippen LogP contribution >= 0.6 is 0 Å². The van der Waals surface area contributed by atoms with Gasteiger partial charge in [-0.1, -0.05) is 25.1 Å². The van der Waals surface area contributed by atoms with Crippen LogP contribution < -0.4 is 4.74 Å². The number of aromatic nitrogens is 2. The zero-order valence-corrected chi connectivity index (χ0v) is 12.3. The molecule has 20 heavy (non-hydrogen) atoms. The Labute approximate surface area is 120 Å². The fourth-order valence-corrected chi connectivity index (χ4v) is 2.25. The quantitative estimate of drug-likeness (QED) is 0.880. The van der Waals surface area contributed by atoms with Gasteiger partial charge in [-0.15, -0.1) is 0 Å². The first kappa shape index (κ1) is 14.6. The van der Waals surface area contributed by atoms with Crippen molar-refractivity contribution in [3.05, 3.63) is 47.3 Å². The Kier molecular flexibility index (Phi) is 4.79. The van der Waals surface area contributed by atoms with E-state index in [4.69, 9.17) is 4.74 Å². The molecule has 1 N–H and O–H groups in total. The van der Waals surface area contributed by atoms with Crippen LogP contribution in [-0.2, 0) is 6.54 Å². The maximum atomic E-state index is 10.7. The van der Waals surface area contributed by atoms with Gasteiger partial charge in [-0.3, -0.25) is 4.68 Å². The molecule has 0 aliphatic heterocycles. The third-order valence-electron chi connectivity index (χ3n) is 3.19. The molecule has 0 spiro atoms. The van der Waals surface area contributed by atoms with E-state index in [9.17, 15) is 5.11 Å². The standard InChI is InChI=1S/C16H22N2O2/c1-4-10-20-15-9-7-6-8-13(15)16(19)14-11-12(3)17-18(14)5-2/h6-9,11,16,19H,4-5,10H2,1-3H3. The van der Waals surface area contributed by atoms with Gasteiger partial charge in [0.25, 0.3) is 0 Å². The highest BCUT2D eigenvalue weighted by atomic mass is 16.5. The molecule has 108 valence electrons. The molecule has 1 aromatic heterocycles. The first-order chi connectivity index (χ1) is 9.67. The Morgan fingerprint density at radius 3 is 2.75 bits per heavy atom. The Bertz CT molecular complexity index is 563. The molecule has 2 rings (SSSR count). The minimum Gasteiger partial charge on any atom is -0.493 e. The van der Waals surface area contributed by atoms with E-state index in [-0.39, 0.29) is 0 Å². The number of ether oxygens (including phenoxy) is 1. The first-order valence-electron chi connectivity index (χ1n) is 7.11. The summed E-state index contributed by atoms with van der Waals surface area (Å²) in [5.41, 5.74) is 2.50. The fourth-order valence-electron chi connectivity index (χ4n) is 2.25. The van der Waals surface area contributed by atoms with Gasteiger partial charge >= 0.3 is 0 Å². The summed E-state index contributed by atoms with van der Waals surface area (Å²) in [6, 6.07) is 9.55. The predicted molar refractivity (Wildman–Crippen MR) is 78.9 cm³/mol. The third kappa shape index (κ3) is 3.02. The number of aliphatic hydroxyl groups excluding tert-OH is 1. The summed E-state index contributed by atoms with van der Waals surface area (Å²) in [5, 5.41) is 15.0. The summed E-state index contributed by atoms with van der Waals surface area (Å²) < 4.78 is 7.55. The normalized spacial score (nSPS) is 12.4. The minimum atomic E-state index is -0.718. The predicted octanol–water partition coefficient (Wildman–Crippen LogP) is 3.08. The van der Waals surface area contributed by atoms with E-state index in [2.05, 4.69) is 12.0 Å². The van der Waals surface area contributed by atoms with Crippen molar-refractivity contribution in [3.63, 3.8) is 0 Å². The molecule has 4 heteroatoms. The molecule has 0 aliphatic rings. The van der Waals surface area contributed by atoms with Gasteiger partial charge in [0, 0.05) is 12.1 Å². The highest BCUT2D eigenvalue weighted by Crippen LogP contribution is 2.30. The zero-order valence-electron chi connectivity index (χ0n) is 12.3. The van der Waals surface area contributed by atoms with Gasteiger partial charge in [0.1, 0.15) is 11.9 Å². The number of nitrogens with zero attached hydrogens (tertiary/aromatic N) is 2. The Morgan fingerprint density at radius 1 is 1.30 bits per heavy atom. The molecule has 1 aromatic carbocycles. The van der Waals surface area contributed by atoms with Gasteiger partial charge in [-0.25, -0.2) is 0 Å². The Balaban J connectivity index is 2.34. The van der Waals surface area contributed by atoms with Crippen LogP contribution in [0.3, 0.4) is 0 Å². The molecule has 2 aromatic rings. The molecule has 0 saturated heterocycles. The van der Waals surface area contributed by atoms with Crippen molar-refractivity contribution >= 4 is 0 Å². The second-order valence-electron chi connectivity index (χ2n) is 4.82. The first-order valence-corrected chi connectivity index (χ1v) is 7.11. The summed E-state index contributed by atoms with van der Waals surface area (Å²) in [6.45, 7) is 7.40. The average Bonchev–Trinajstić information content (AvgIpc) is 2.85. The number of aryl methyl sites for hydroxylation is 2. The Hall–Kier alpha value is -1.81. The van der Waals surface area contributed by atoms with Gasteiger partial charge in [-0.05, 0) is 32.4 Å². The Morgan fingerprint density at radius 2 is 2.05 bits per heavy atom. The van der Waals surface area contributed by atoms with E-state index in [1.54, 1.807) is 0 Å². The van der Waals surface area contributed by atoms with Gasteiger partial charge in [0.15, 0.2) is 0 Å². The molecular weight excluding hydrogens is 252 g/mol. The summed E-state index contributed by atoms with van der Waals surface area (Å²) in [4.78, 5) is 0. The van der Waals surface area contributed by atoms with E-state index < -0.39 is 6.10 Å². The molecular formula is C16H22N2O2. The number of para-hydroxylation sites is 1. The number of rotatable bonds is 6. The average molecular weight is 274 g/mol. The van der Waals surface area contributed by atoms with Crippen LogP contribution in [0.4, 0.5) is 0 Å². The molecule has 0 fully saturated rings.